The molecule has 0 bridgehead atoms. The Labute approximate surface area is 88.1 Å². The molecule has 0 aromatic carbocycles. The van der Waals surface area contributed by atoms with E-state index in [9.17, 15) is 4.79 Å². The second-order valence-electron chi connectivity index (χ2n) is 2.79. The van der Waals surface area contributed by atoms with E-state index in [0.717, 1.165) is 0 Å². The molecule has 0 aliphatic heterocycles. The smallest absolute Gasteiger partial charge is 0.271 e. The van der Waals surface area contributed by atoms with Crippen molar-refractivity contribution in [2.45, 2.75) is 0 Å². The van der Waals surface area contributed by atoms with Crippen molar-refractivity contribution in [2.75, 3.05) is 32.6 Å². The van der Waals surface area contributed by atoms with Gasteiger partial charge < -0.3 is 15.4 Å². The van der Waals surface area contributed by atoms with Gasteiger partial charge >= 0.3 is 0 Å². The van der Waals surface area contributed by atoms with Gasteiger partial charge in [-0.05, 0) is 0 Å². The van der Waals surface area contributed by atoms with E-state index in [1.807, 2.05) is 0 Å². The highest BCUT2D eigenvalue weighted by atomic mass is 16.5. The third-order valence-electron chi connectivity index (χ3n) is 1.72. The first-order valence-corrected chi connectivity index (χ1v) is 4.55. The highest BCUT2D eigenvalue weighted by Crippen LogP contribution is 2.00. The average molecular weight is 210 g/mol. The number of rotatable bonds is 5. The fraction of sp³-hybridized carbons (Fsp3) is 0.444. The Morgan fingerprint density at radius 3 is 3.00 bits per heavy atom. The first kappa shape index (κ1) is 11.4. The molecule has 1 rings (SSSR count). The Bertz CT molecular complexity index is 330. The molecule has 0 aliphatic rings. The first-order chi connectivity index (χ1) is 7.27. The minimum atomic E-state index is -0.253. The number of carbonyl (C=O) groups is 1. The van der Waals surface area contributed by atoms with Crippen LogP contribution in [0.15, 0.2) is 12.4 Å². The van der Waals surface area contributed by atoms with Crippen molar-refractivity contribution < 1.29 is 9.53 Å². The highest BCUT2D eigenvalue weighted by molar-refractivity contribution is 5.92. The molecule has 6 heteroatoms. The van der Waals surface area contributed by atoms with Crippen LogP contribution in [-0.2, 0) is 4.74 Å². The van der Waals surface area contributed by atoms with Gasteiger partial charge in [0, 0.05) is 20.7 Å². The third-order valence-corrected chi connectivity index (χ3v) is 1.72. The molecule has 1 aromatic rings. The summed E-state index contributed by atoms with van der Waals surface area (Å²) in [7, 11) is 3.30. The number of aromatic nitrogens is 2. The zero-order valence-corrected chi connectivity index (χ0v) is 8.78. The fourth-order valence-corrected chi connectivity index (χ4v) is 0.953. The monoisotopic (exact) mass is 210 g/mol. The molecule has 82 valence electrons. The van der Waals surface area contributed by atoms with Gasteiger partial charge in [0.15, 0.2) is 0 Å². The predicted octanol–water partition coefficient (Wildman–Crippen LogP) is -0.106. The van der Waals surface area contributed by atoms with E-state index in [1.54, 1.807) is 20.4 Å². The van der Waals surface area contributed by atoms with Gasteiger partial charge in [-0.2, -0.15) is 0 Å². The van der Waals surface area contributed by atoms with Crippen LogP contribution in [0.25, 0.3) is 0 Å². The van der Waals surface area contributed by atoms with Crippen LogP contribution in [0, 0.1) is 0 Å². The van der Waals surface area contributed by atoms with Crippen molar-refractivity contribution in [2.24, 2.45) is 0 Å². The minimum Gasteiger partial charge on any atom is -0.383 e. The van der Waals surface area contributed by atoms with Gasteiger partial charge in [0.2, 0.25) is 0 Å². The van der Waals surface area contributed by atoms with Gasteiger partial charge in [0.1, 0.15) is 11.5 Å². The molecule has 0 saturated heterocycles. The Kier molecular flexibility index (Phi) is 4.49. The lowest BCUT2D eigenvalue weighted by Gasteiger charge is -2.04. The van der Waals surface area contributed by atoms with Crippen LogP contribution in [-0.4, -0.2) is 43.2 Å². The quantitative estimate of drug-likeness (QED) is 0.663. The number of carbonyl (C=O) groups excluding carboxylic acids is 1. The van der Waals surface area contributed by atoms with Crippen molar-refractivity contribution in [1.82, 2.24) is 15.3 Å². The fourth-order valence-electron chi connectivity index (χ4n) is 0.953. The molecule has 0 aliphatic carbocycles. The van der Waals surface area contributed by atoms with E-state index in [4.69, 9.17) is 4.74 Å². The summed E-state index contributed by atoms with van der Waals surface area (Å²) in [6.45, 7) is 0.936. The molecule has 0 radical (unpaired) electrons. The summed E-state index contributed by atoms with van der Waals surface area (Å²) in [6, 6.07) is 0. The zero-order chi connectivity index (χ0) is 11.1. The second kappa shape index (κ2) is 5.92. The standard InChI is InChI=1S/C9H14N4O2/c1-10-8-6-11-5-7(13-8)9(14)12-3-4-15-2/h5-6H,3-4H2,1-2H3,(H,10,13)(H,12,14). The molecule has 0 unspecified atom stereocenters. The SMILES string of the molecule is CNc1cncc(C(=O)NCCOC)n1. The van der Waals surface area contributed by atoms with Crippen LogP contribution in [0.5, 0.6) is 0 Å². The van der Waals surface area contributed by atoms with Crippen LogP contribution >= 0.6 is 0 Å². The Morgan fingerprint density at radius 1 is 1.53 bits per heavy atom. The summed E-state index contributed by atoms with van der Waals surface area (Å²) in [5.41, 5.74) is 0.290. The molecular weight excluding hydrogens is 196 g/mol. The summed E-state index contributed by atoms with van der Waals surface area (Å²) in [6.07, 6.45) is 2.97. The van der Waals surface area contributed by atoms with Crippen molar-refractivity contribution in [3.63, 3.8) is 0 Å². The maximum atomic E-state index is 11.5. The van der Waals surface area contributed by atoms with Gasteiger partial charge in [-0.1, -0.05) is 0 Å². The topological polar surface area (TPSA) is 76.1 Å². The van der Waals surface area contributed by atoms with Gasteiger partial charge in [-0.25, -0.2) is 4.98 Å². The largest absolute Gasteiger partial charge is 0.383 e. The Hall–Kier alpha value is -1.69. The van der Waals surface area contributed by atoms with Crippen LogP contribution in [0.4, 0.5) is 5.82 Å². The van der Waals surface area contributed by atoms with Crippen molar-refractivity contribution in [3.05, 3.63) is 18.1 Å². The van der Waals surface area contributed by atoms with E-state index < -0.39 is 0 Å². The van der Waals surface area contributed by atoms with Crippen molar-refractivity contribution in [3.8, 4) is 0 Å². The average Bonchev–Trinajstić information content (AvgIpc) is 2.29. The maximum absolute atomic E-state index is 11.5. The molecule has 0 saturated carbocycles. The summed E-state index contributed by atoms with van der Waals surface area (Å²) >= 11 is 0. The summed E-state index contributed by atoms with van der Waals surface area (Å²) in [4.78, 5) is 19.4. The molecule has 1 heterocycles. The number of methoxy groups -OCH3 is 1. The van der Waals surface area contributed by atoms with Gasteiger partial charge in [0.05, 0.1) is 19.0 Å². The van der Waals surface area contributed by atoms with E-state index in [-0.39, 0.29) is 11.6 Å². The number of ether oxygens (including phenoxy) is 1. The third kappa shape index (κ3) is 3.51. The molecule has 1 aromatic heterocycles. The number of hydrogen-bond donors (Lipinski definition) is 2. The minimum absolute atomic E-state index is 0.253. The van der Waals surface area contributed by atoms with E-state index in [2.05, 4.69) is 20.6 Å². The molecule has 0 spiro atoms. The van der Waals surface area contributed by atoms with Crippen LogP contribution in [0.1, 0.15) is 10.5 Å². The van der Waals surface area contributed by atoms with E-state index in [1.165, 1.54) is 6.20 Å². The molecule has 0 atom stereocenters. The second-order valence-corrected chi connectivity index (χ2v) is 2.79. The summed E-state index contributed by atoms with van der Waals surface area (Å²) in [5, 5.41) is 5.47. The molecular formula is C9H14N4O2. The number of hydrogen-bond acceptors (Lipinski definition) is 5. The van der Waals surface area contributed by atoms with Crippen LogP contribution < -0.4 is 10.6 Å². The van der Waals surface area contributed by atoms with Crippen molar-refractivity contribution >= 4 is 11.7 Å². The molecule has 2 N–H and O–H groups in total. The lowest BCUT2D eigenvalue weighted by atomic mass is 10.4. The lowest BCUT2D eigenvalue weighted by Crippen LogP contribution is -2.27. The highest BCUT2D eigenvalue weighted by Gasteiger charge is 2.07. The first-order valence-electron chi connectivity index (χ1n) is 4.55. The van der Waals surface area contributed by atoms with E-state index in [0.29, 0.717) is 19.0 Å². The number of amides is 1. The van der Waals surface area contributed by atoms with Gasteiger partial charge in [-0.15, -0.1) is 0 Å². The van der Waals surface area contributed by atoms with Crippen molar-refractivity contribution in [1.29, 1.82) is 0 Å². The zero-order valence-electron chi connectivity index (χ0n) is 8.78. The normalized spacial score (nSPS) is 9.73. The predicted molar refractivity (Wildman–Crippen MR) is 55.8 cm³/mol. The summed E-state index contributed by atoms with van der Waals surface area (Å²) < 4.78 is 4.81. The molecule has 0 fully saturated rings. The Balaban J connectivity index is 2.57. The molecule has 1 amide bonds. The number of anilines is 1. The van der Waals surface area contributed by atoms with Crippen LogP contribution in [0.2, 0.25) is 0 Å². The lowest BCUT2D eigenvalue weighted by molar-refractivity contribution is 0.0932. The number of nitrogens with one attached hydrogen (secondary N) is 2. The van der Waals surface area contributed by atoms with E-state index >= 15 is 0 Å². The van der Waals surface area contributed by atoms with Gasteiger partial charge in [0.25, 0.3) is 5.91 Å². The number of nitrogens with zero attached hydrogens (tertiary/aromatic N) is 2. The van der Waals surface area contributed by atoms with Crippen LogP contribution in [0.3, 0.4) is 0 Å². The summed E-state index contributed by atoms with van der Waals surface area (Å²) in [5.74, 6) is 0.311. The molecule has 15 heavy (non-hydrogen) atoms. The van der Waals surface area contributed by atoms with Gasteiger partial charge in [-0.3, -0.25) is 9.78 Å². The Morgan fingerprint density at radius 2 is 2.33 bits per heavy atom. The maximum Gasteiger partial charge on any atom is 0.271 e. The molecule has 6 nitrogen and oxygen atoms in total.